The number of rotatable bonds is 4. The van der Waals surface area contributed by atoms with Gasteiger partial charge in [0.1, 0.15) is 6.04 Å². The van der Waals surface area contributed by atoms with Crippen LogP contribution in [0.2, 0.25) is 0 Å². The number of aromatic nitrogens is 1. The minimum Gasteiger partial charge on any atom is -0.396 e. The first-order valence-corrected chi connectivity index (χ1v) is 5.17. The molecule has 0 aliphatic rings. The van der Waals surface area contributed by atoms with Crippen molar-refractivity contribution in [3.8, 4) is 0 Å². The molecule has 1 N–H and O–H groups in total. The Kier molecular flexibility index (Phi) is 3.88. The van der Waals surface area contributed by atoms with Crippen LogP contribution in [0, 0.1) is 0 Å². The molecule has 6 heteroatoms. The molecule has 1 rings (SSSR count). The highest BCUT2D eigenvalue weighted by molar-refractivity contribution is 7.09. The molecule has 1 aromatic heterocycles. The van der Waals surface area contributed by atoms with Gasteiger partial charge in [0.25, 0.3) is 0 Å². The summed E-state index contributed by atoms with van der Waals surface area (Å²) in [6, 6.07) is -0.552. The van der Waals surface area contributed by atoms with Crippen molar-refractivity contribution in [1.82, 2.24) is 4.98 Å². The van der Waals surface area contributed by atoms with Crippen molar-refractivity contribution in [1.29, 1.82) is 0 Å². The lowest BCUT2D eigenvalue weighted by Gasteiger charge is -2.02. The summed E-state index contributed by atoms with van der Waals surface area (Å²) in [5.74, 6) is 0.360. The van der Waals surface area contributed by atoms with Crippen LogP contribution in [0.3, 0.4) is 0 Å². The second-order valence-corrected chi connectivity index (χ2v) is 4.06. The maximum Gasteiger partial charge on any atom is 0.104 e. The van der Waals surface area contributed by atoms with Crippen LogP contribution in [0.15, 0.2) is 10.5 Å². The van der Waals surface area contributed by atoms with Gasteiger partial charge in [0.05, 0.1) is 17.3 Å². The summed E-state index contributed by atoms with van der Waals surface area (Å²) >= 11 is 1.52. The van der Waals surface area contributed by atoms with E-state index in [0.29, 0.717) is 11.6 Å². The van der Waals surface area contributed by atoms with E-state index < -0.39 is 6.04 Å². The highest BCUT2D eigenvalue weighted by Gasteiger charge is 2.13. The Bertz CT molecular complexity index is 343. The highest BCUT2D eigenvalue weighted by atomic mass is 32.1. The molecule has 0 radical (unpaired) electrons. The van der Waals surface area contributed by atoms with E-state index in [1.54, 1.807) is 0 Å². The normalized spacial score (nSPS) is 12.6. The lowest BCUT2D eigenvalue weighted by atomic mass is 10.2. The number of azide groups is 1. The van der Waals surface area contributed by atoms with Crippen molar-refractivity contribution in [3.05, 3.63) is 26.5 Å². The van der Waals surface area contributed by atoms with Gasteiger partial charge in [-0.2, -0.15) is 0 Å². The number of nitrogens with zero attached hydrogens (tertiary/aromatic N) is 4. The molecular weight excluding hydrogens is 200 g/mol. The summed E-state index contributed by atoms with van der Waals surface area (Å²) in [4.78, 5) is 6.96. The highest BCUT2D eigenvalue weighted by Crippen LogP contribution is 2.24. The van der Waals surface area contributed by atoms with Crippen LogP contribution in [0.5, 0.6) is 0 Å². The van der Waals surface area contributed by atoms with E-state index in [1.807, 2.05) is 19.2 Å². The molecule has 0 aliphatic carbocycles. The van der Waals surface area contributed by atoms with Gasteiger partial charge in [-0.25, -0.2) is 4.98 Å². The molecule has 1 aromatic rings. The molecule has 1 atom stereocenters. The zero-order valence-corrected chi connectivity index (χ0v) is 8.90. The molecular formula is C8H12N4OS. The van der Waals surface area contributed by atoms with Gasteiger partial charge < -0.3 is 5.11 Å². The molecule has 0 saturated carbocycles. The fraction of sp³-hybridized carbons (Fsp3) is 0.625. The second-order valence-electron chi connectivity index (χ2n) is 3.17. The lowest BCUT2D eigenvalue weighted by molar-refractivity contribution is 0.266. The molecule has 14 heavy (non-hydrogen) atoms. The third-order valence-corrected chi connectivity index (χ3v) is 2.90. The zero-order chi connectivity index (χ0) is 10.6. The molecule has 0 amide bonds. The summed E-state index contributed by atoms with van der Waals surface area (Å²) in [6.45, 7) is 3.89. The molecule has 1 heterocycles. The van der Waals surface area contributed by atoms with Gasteiger partial charge in [0.2, 0.25) is 0 Å². The van der Waals surface area contributed by atoms with Crippen molar-refractivity contribution in [2.45, 2.75) is 25.8 Å². The first-order chi connectivity index (χ1) is 6.69. The average Bonchev–Trinajstić information content (AvgIpc) is 2.63. The maximum atomic E-state index is 8.96. The maximum absolute atomic E-state index is 8.96. The quantitative estimate of drug-likeness (QED) is 0.472. The summed E-state index contributed by atoms with van der Waals surface area (Å²) in [7, 11) is 0. The van der Waals surface area contributed by atoms with E-state index in [1.165, 1.54) is 11.3 Å². The summed E-state index contributed by atoms with van der Waals surface area (Å²) in [5.41, 5.74) is 8.92. The fourth-order valence-electron chi connectivity index (χ4n) is 0.970. The Morgan fingerprint density at radius 2 is 2.43 bits per heavy atom. The van der Waals surface area contributed by atoms with E-state index in [-0.39, 0.29) is 6.61 Å². The smallest absolute Gasteiger partial charge is 0.104 e. The van der Waals surface area contributed by atoms with Crippen LogP contribution in [0.4, 0.5) is 0 Å². The predicted molar refractivity (Wildman–Crippen MR) is 55.2 cm³/mol. The molecule has 0 bridgehead atoms. The number of hydrogen-bond acceptors (Lipinski definition) is 4. The van der Waals surface area contributed by atoms with Gasteiger partial charge >= 0.3 is 0 Å². The van der Waals surface area contributed by atoms with Crippen molar-refractivity contribution in [3.63, 3.8) is 0 Å². The van der Waals surface area contributed by atoms with Crippen LogP contribution in [-0.4, -0.2) is 16.7 Å². The Balaban J connectivity index is 2.88. The van der Waals surface area contributed by atoms with E-state index in [2.05, 4.69) is 15.0 Å². The summed E-state index contributed by atoms with van der Waals surface area (Å²) < 4.78 is 0. The number of thiazole rings is 1. The van der Waals surface area contributed by atoms with Crippen molar-refractivity contribution < 1.29 is 5.11 Å². The van der Waals surface area contributed by atoms with Crippen molar-refractivity contribution >= 4 is 11.3 Å². The van der Waals surface area contributed by atoms with Crippen LogP contribution in [-0.2, 0) is 0 Å². The van der Waals surface area contributed by atoms with Crippen molar-refractivity contribution in [2.75, 3.05) is 6.61 Å². The van der Waals surface area contributed by atoms with E-state index in [9.17, 15) is 0 Å². The van der Waals surface area contributed by atoms with Crippen LogP contribution >= 0.6 is 11.3 Å². The molecule has 0 spiro atoms. The van der Waals surface area contributed by atoms with Gasteiger partial charge in [-0.05, 0) is 5.53 Å². The zero-order valence-electron chi connectivity index (χ0n) is 8.08. The fourth-order valence-corrected chi connectivity index (χ4v) is 1.85. The van der Waals surface area contributed by atoms with Gasteiger partial charge in [-0.1, -0.05) is 19.0 Å². The largest absolute Gasteiger partial charge is 0.396 e. The van der Waals surface area contributed by atoms with Crippen molar-refractivity contribution in [2.24, 2.45) is 5.11 Å². The third kappa shape index (κ3) is 2.45. The van der Waals surface area contributed by atoms with E-state index in [4.69, 9.17) is 10.6 Å². The molecule has 0 aromatic carbocycles. The monoisotopic (exact) mass is 212 g/mol. The van der Waals surface area contributed by atoms with Gasteiger partial charge in [-0.3, -0.25) is 0 Å². The second kappa shape index (κ2) is 4.95. The Morgan fingerprint density at radius 1 is 1.71 bits per heavy atom. The summed E-state index contributed by atoms with van der Waals surface area (Å²) in [6.07, 6.45) is 0. The molecule has 76 valence electrons. The number of hydrogen-bond donors (Lipinski definition) is 1. The van der Waals surface area contributed by atoms with E-state index >= 15 is 0 Å². The number of aliphatic hydroxyl groups is 1. The lowest BCUT2D eigenvalue weighted by Crippen LogP contribution is -2.00. The predicted octanol–water partition coefficient (Wildman–Crippen LogP) is 2.61. The topological polar surface area (TPSA) is 81.9 Å². The average molecular weight is 212 g/mol. The molecule has 0 saturated heterocycles. The van der Waals surface area contributed by atoms with Crippen LogP contribution < -0.4 is 0 Å². The van der Waals surface area contributed by atoms with Gasteiger partial charge in [-0.15, -0.1) is 11.3 Å². The SMILES string of the molecule is CC(C)c1nc(C(CO)N=[N+]=[N-])cs1. The molecule has 5 nitrogen and oxygen atoms in total. The Morgan fingerprint density at radius 3 is 2.86 bits per heavy atom. The van der Waals surface area contributed by atoms with Gasteiger partial charge in [0.15, 0.2) is 0 Å². The van der Waals surface area contributed by atoms with E-state index in [0.717, 1.165) is 5.01 Å². The Hall–Kier alpha value is -1.10. The number of aliphatic hydroxyl groups excluding tert-OH is 1. The summed E-state index contributed by atoms with van der Waals surface area (Å²) in [5, 5.41) is 15.2. The Labute approximate surface area is 86.0 Å². The molecule has 0 fully saturated rings. The minimum atomic E-state index is -0.552. The van der Waals surface area contributed by atoms with Crippen LogP contribution in [0.1, 0.15) is 36.5 Å². The molecule has 1 unspecified atom stereocenters. The van der Waals surface area contributed by atoms with Crippen LogP contribution in [0.25, 0.3) is 10.4 Å². The molecule has 0 aliphatic heterocycles. The first-order valence-electron chi connectivity index (χ1n) is 4.29. The first kappa shape index (κ1) is 11.0. The third-order valence-electron chi connectivity index (χ3n) is 1.74. The minimum absolute atomic E-state index is 0.203. The standard InChI is InChI=1S/C8H12N4OS/c1-5(2)8-10-7(4-14-8)6(3-13)11-12-9/h4-6,13H,3H2,1-2H3. The van der Waals surface area contributed by atoms with Gasteiger partial charge in [0, 0.05) is 16.2 Å².